The summed E-state index contributed by atoms with van der Waals surface area (Å²) < 4.78 is 31.0. The second-order valence-electron chi connectivity index (χ2n) is 7.52. The van der Waals surface area contributed by atoms with Crippen LogP contribution in [-0.4, -0.2) is 64.3 Å². The molecule has 1 aromatic heterocycles. The Labute approximate surface area is 197 Å². The molecule has 1 amide bonds. The number of hydrogen-bond acceptors (Lipinski definition) is 7. The molecule has 0 saturated carbocycles. The zero-order chi connectivity index (χ0) is 24.0. The van der Waals surface area contributed by atoms with E-state index in [1.165, 1.54) is 44.8 Å². The molecule has 0 aliphatic rings. The fourth-order valence-electron chi connectivity index (χ4n) is 3.32. The molecule has 1 heterocycles. The third-order valence-corrected chi connectivity index (χ3v) is 5.99. The minimum absolute atomic E-state index is 0.248. The van der Waals surface area contributed by atoms with Gasteiger partial charge in [0, 0.05) is 12.6 Å². The van der Waals surface area contributed by atoms with E-state index in [1.807, 2.05) is 19.0 Å². The van der Waals surface area contributed by atoms with Gasteiger partial charge in [0.25, 0.3) is 5.91 Å². The average molecular weight is 474 g/mol. The SMILES string of the molecule is COc1cc(/C=C/C(=O)N(CCCN(C)C)c2nc3c(F)cccc3s2)cc(OC)c1OC. The minimum Gasteiger partial charge on any atom is -0.493 e. The Morgan fingerprint density at radius 2 is 1.79 bits per heavy atom. The van der Waals surface area contributed by atoms with Gasteiger partial charge in [-0.2, -0.15) is 0 Å². The van der Waals surface area contributed by atoms with Gasteiger partial charge in [-0.05, 0) is 63.0 Å². The number of carbonyl (C=O) groups excluding carboxylic acids is 1. The van der Waals surface area contributed by atoms with Crippen LogP contribution in [0.4, 0.5) is 9.52 Å². The van der Waals surface area contributed by atoms with Crippen LogP contribution >= 0.6 is 11.3 Å². The van der Waals surface area contributed by atoms with Crippen LogP contribution in [0.25, 0.3) is 16.3 Å². The van der Waals surface area contributed by atoms with Crippen molar-refractivity contribution in [3.8, 4) is 17.2 Å². The van der Waals surface area contributed by atoms with E-state index in [2.05, 4.69) is 4.98 Å². The zero-order valence-electron chi connectivity index (χ0n) is 19.4. The van der Waals surface area contributed by atoms with E-state index in [-0.39, 0.29) is 11.4 Å². The lowest BCUT2D eigenvalue weighted by Gasteiger charge is -2.19. The molecular formula is C24H28FN3O4S. The molecule has 3 aromatic rings. The van der Waals surface area contributed by atoms with Gasteiger partial charge in [-0.3, -0.25) is 9.69 Å². The summed E-state index contributed by atoms with van der Waals surface area (Å²) >= 11 is 1.30. The minimum atomic E-state index is -0.399. The summed E-state index contributed by atoms with van der Waals surface area (Å²) in [7, 11) is 8.56. The van der Waals surface area contributed by atoms with E-state index >= 15 is 0 Å². The predicted molar refractivity (Wildman–Crippen MR) is 130 cm³/mol. The van der Waals surface area contributed by atoms with E-state index in [0.717, 1.165) is 13.0 Å². The van der Waals surface area contributed by atoms with Gasteiger partial charge in [-0.15, -0.1) is 0 Å². The number of fused-ring (bicyclic) bond motifs is 1. The van der Waals surface area contributed by atoms with Crippen LogP contribution in [0.3, 0.4) is 0 Å². The first kappa shape index (κ1) is 24.5. The summed E-state index contributed by atoms with van der Waals surface area (Å²) in [5.74, 6) is 0.817. The van der Waals surface area contributed by atoms with Crippen LogP contribution in [0.5, 0.6) is 17.2 Å². The van der Waals surface area contributed by atoms with Crippen LogP contribution in [0.15, 0.2) is 36.4 Å². The number of rotatable bonds is 10. The molecule has 0 unspecified atom stereocenters. The van der Waals surface area contributed by atoms with Crippen molar-refractivity contribution >= 4 is 38.7 Å². The van der Waals surface area contributed by atoms with Crippen LogP contribution in [0.2, 0.25) is 0 Å². The number of aromatic nitrogens is 1. The predicted octanol–water partition coefficient (Wildman–Crippen LogP) is 4.46. The molecule has 33 heavy (non-hydrogen) atoms. The standard InChI is InChI=1S/C24H28FN3O4S/c1-27(2)12-7-13-28(24-26-22-17(25)8-6-9-20(22)33-24)21(29)11-10-16-14-18(30-3)23(32-5)19(15-16)31-4/h6,8-11,14-15H,7,12-13H2,1-5H3/b11-10+. The Morgan fingerprint density at radius 1 is 1.09 bits per heavy atom. The van der Waals surface area contributed by atoms with E-state index in [4.69, 9.17) is 14.2 Å². The zero-order valence-corrected chi connectivity index (χ0v) is 20.2. The van der Waals surface area contributed by atoms with Gasteiger partial charge >= 0.3 is 0 Å². The number of benzene rings is 2. The van der Waals surface area contributed by atoms with E-state index in [9.17, 15) is 9.18 Å². The summed E-state index contributed by atoms with van der Waals surface area (Å²) in [6, 6.07) is 8.33. The van der Waals surface area contributed by atoms with Crippen molar-refractivity contribution in [3.63, 3.8) is 0 Å². The Kier molecular flexibility index (Phi) is 8.24. The summed E-state index contributed by atoms with van der Waals surface area (Å²) in [6.07, 6.45) is 3.90. The van der Waals surface area contributed by atoms with Gasteiger partial charge in [-0.1, -0.05) is 17.4 Å². The average Bonchev–Trinajstić information content (AvgIpc) is 3.24. The molecule has 0 bridgehead atoms. The van der Waals surface area contributed by atoms with Crippen LogP contribution < -0.4 is 19.1 Å². The number of thiazole rings is 1. The summed E-state index contributed by atoms with van der Waals surface area (Å²) in [6.45, 7) is 1.26. The fraction of sp³-hybridized carbons (Fsp3) is 0.333. The first-order valence-corrected chi connectivity index (χ1v) is 11.2. The fourth-order valence-corrected chi connectivity index (χ4v) is 4.33. The molecule has 0 aliphatic heterocycles. The molecule has 9 heteroatoms. The van der Waals surface area contributed by atoms with Gasteiger partial charge in [0.05, 0.1) is 26.0 Å². The highest BCUT2D eigenvalue weighted by Gasteiger charge is 2.19. The summed E-state index contributed by atoms with van der Waals surface area (Å²) in [4.78, 5) is 21.2. The molecule has 0 aliphatic carbocycles. The first-order chi connectivity index (χ1) is 15.9. The van der Waals surface area contributed by atoms with Gasteiger partial charge < -0.3 is 19.1 Å². The maximum Gasteiger partial charge on any atom is 0.252 e. The molecule has 0 fully saturated rings. The Bertz CT molecular complexity index is 1120. The normalized spacial score (nSPS) is 11.4. The van der Waals surface area contributed by atoms with Gasteiger partial charge in [0.2, 0.25) is 5.75 Å². The Balaban J connectivity index is 1.91. The van der Waals surface area contributed by atoms with E-state index in [0.29, 0.717) is 39.2 Å². The van der Waals surface area contributed by atoms with E-state index in [1.54, 1.807) is 35.2 Å². The van der Waals surface area contributed by atoms with E-state index < -0.39 is 5.82 Å². The van der Waals surface area contributed by atoms with Crippen molar-refractivity contribution in [2.24, 2.45) is 0 Å². The molecule has 0 atom stereocenters. The van der Waals surface area contributed by atoms with Crippen molar-refractivity contribution in [1.82, 2.24) is 9.88 Å². The van der Waals surface area contributed by atoms with Gasteiger partial charge in [0.1, 0.15) is 11.3 Å². The third-order valence-electron chi connectivity index (χ3n) is 4.95. The molecule has 0 saturated heterocycles. The van der Waals surface area contributed by atoms with Crippen molar-refractivity contribution in [2.75, 3.05) is 53.4 Å². The van der Waals surface area contributed by atoms with Crippen molar-refractivity contribution in [3.05, 3.63) is 47.8 Å². The number of ether oxygens (including phenoxy) is 3. The second-order valence-corrected chi connectivity index (χ2v) is 8.53. The monoisotopic (exact) mass is 473 g/mol. The molecule has 176 valence electrons. The molecule has 3 rings (SSSR count). The number of amides is 1. The summed E-state index contributed by atoms with van der Waals surface area (Å²) in [5.41, 5.74) is 0.984. The number of halogens is 1. The lowest BCUT2D eigenvalue weighted by molar-refractivity contribution is -0.114. The first-order valence-electron chi connectivity index (χ1n) is 10.4. The maximum atomic E-state index is 14.2. The van der Waals surface area contributed by atoms with Crippen molar-refractivity contribution < 1.29 is 23.4 Å². The number of hydrogen-bond donors (Lipinski definition) is 0. The highest BCUT2D eigenvalue weighted by Crippen LogP contribution is 2.38. The smallest absolute Gasteiger partial charge is 0.252 e. The Morgan fingerprint density at radius 3 is 2.36 bits per heavy atom. The number of methoxy groups -OCH3 is 3. The highest BCUT2D eigenvalue weighted by molar-refractivity contribution is 7.22. The topological polar surface area (TPSA) is 64.1 Å². The molecule has 7 nitrogen and oxygen atoms in total. The van der Waals surface area contributed by atoms with Gasteiger partial charge in [-0.25, -0.2) is 9.37 Å². The van der Waals surface area contributed by atoms with Crippen molar-refractivity contribution in [1.29, 1.82) is 0 Å². The Hall–Kier alpha value is -3.17. The lowest BCUT2D eigenvalue weighted by atomic mass is 10.1. The lowest BCUT2D eigenvalue weighted by Crippen LogP contribution is -2.32. The van der Waals surface area contributed by atoms with Crippen LogP contribution in [0, 0.1) is 5.82 Å². The van der Waals surface area contributed by atoms with Crippen LogP contribution in [-0.2, 0) is 4.79 Å². The molecule has 0 spiro atoms. The summed E-state index contributed by atoms with van der Waals surface area (Å²) in [5, 5.41) is 0.466. The van der Waals surface area contributed by atoms with Gasteiger partial charge in [0.15, 0.2) is 16.6 Å². The largest absolute Gasteiger partial charge is 0.493 e. The number of carbonyl (C=O) groups is 1. The van der Waals surface area contributed by atoms with Crippen LogP contribution in [0.1, 0.15) is 12.0 Å². The number of para-hydroxylation sites is 1. The van der Waals surface area contributed by atoms with Crippen molar-refractivity contribution in [2.45, 2.75) is 6.42 Å². The maximum absolute atomic E-state index is 14.2. The molecular weight excluding hydrogens is 445 g/mol. The third kappa shape index (κ3) is 5.80. The second kappa shape index (κ2) is 11.1. The number of anilines is 1. The molecule has 2 aromatic carbocycles. The molecule has 0 N–H and O–H groups in total. The number of nitrogens with zero attached hydrogens (tertiary/aromatic N) is 3. The highest BCUT2D eigenvalue weighted by atomic mass is 32.1. The quantitative estimate of drug-likeness (QED) is 0.405. The molecule has 0 radical (unpaired) electrons.